The van der Waals surface area contributed by atoms with E-state index in [1.54, 1.807) is 6.07 Å². The first kappa shape index (κ1) is 17.3. The summed E-state index contributed by atoms with van der Waals surface area (Å²) >= 11 is 1.52. The number of carboxylic acid groups (broad SMARTS) is 1. The predicted octanol–water partition coefficient (Wildman–Crippen LogP) is 1.92. The number of thioether (sulfide) groups is 1. The highest BCUT2D eigenvalue weighted by Gasteiger charge is 2.19. The Morgan fingerprint density at radius 2 is 2.24 bits per heavy atom. The maximum atomic E-state index is 12.9. The van der Waals surface area contributed by atoms with Crippen molar-refractivity contribution in [1.82, 2.24) is 5.32 Å². The molecule has 0 aliphatic heterocycles. The van der Waals surface area contributed by atoms with Gasteiger partial charge in [-0.2, -0.15) is 11.8 Å². The van der Waals surface area contributed by atoms with Gasteiger partial charge >= 0.3 is 5.97 Å². The summed E-state index contributed by atoms with van der Waals surface area (Å²) in [6, 6.07) is 4.71. The van der Waals surface area contributed by atoms with Crippen molar-refractivity contribution in [2.45, 2.75) is 18.9 Å². The molecule has 0 bridgehead atoms. The summed E-state index contributed by atoms with van der Waals surface area (Å²) in [5, 5.41) is 11.4. The number of halogens is 1. The zero-order valence-electron chi connectivity index (χ0n) is 11.7. The van der Waals surface area contributed by atoms with Crippen molar-refractivity contribution in [2.75, 3.05) is 18.6 Å². The number of hydrogen-bond acceptors (Lipinski definition) is 4. The van der Waals surface area contributed by atoms with Crippen LogP contribution < -0.4 is 10.1 Å². The summed E-state index contributed by atoms with van der Waals surface area (Å²) < 4.78 is 18.1. The summed E-state index contributed by atoms with van der Waals surface area (Å²) in [4.78, 5) is 22.6. The SMILES string of the molecule is CSCC[C@@H](NC(=O)CCOc1cccc(F)c1)C(=O)O. The third-order valence-electron chi connectivity index (χ3n) is 2.64. The van der Waals surface area contributed by atoms with Crippen molar-refractivity contribution in [1.29, 1.82) is 0 Å². The van der Waals surface area contributed by atoms with Crippen molar-refractivity contribution in [3.63, 3.8) is 0 Å². The lowest BCUT2D eigenvalue weighted by molar-refractivity contribution is -0.141. The molecular formula is C14H18FNO4S. The number of carbonyl (C=O) groups is 2. The summed E-state index contributed by atoms with van der Waals surface area (Å²) in [7, 11) is 0. The molecule has 0 aliphatic rings. The zero-order chi connectivity index (χ0) is 15.7. The standard InChI is InChI=1S/C14H18FNO4S/c1-21-8-6-12(14(18)19)16-13(17)5-7-20-11-4-2-3-10(15)9-11/h2-4,9,12H,5-8H2,1H3,(H,16,17)(H,18,19)/t12-/m1/s1. The normalized spacial score (nSPS) is 11.7. The number of ether oxygens (including phenoxy) is 1. The number of hydrogen-bond donors (Lipinski definition) is 2. The van der Waals surface area contributed by atoms with Crippen LogP contribution in [0.2, 0.25) is 0 Å². The van der Waals surface area contributed by atoms with Crippen molar-refractivity contribution in [2.24, 2.45) is 0 Å². The van der Waals surface area contributed by atoms with Crippen LogP contribution in [0.1, 0.15) is 12.8 Å². The number of carbonyl (C=O) groups excluding carboxylic acids is 1. The van der Waals surface area contributed by atoms with Crippen molar-refractivity contribution in [3.05, 3.63) is 30.1 Å². The molecule has 1 rings (SSSR count). The van der Waals surface area contributed by atoms with Gasteiger partial charge in [0.2, 0.25) is 5.91 Å². The molecule has 21 heavy (non-hydrogen) atoms. The highest BCUT2D eigenvalue weighted by molar-refractivity contribution is 7.98. The highest BCUT2D eigenvalue weighted by atomic mass is 32.2. The fourth-order valence-corrected chi connectivity index (χ4v) is 2.05. The van der Waals surface area contributed by atoms with Gasteiger partial charge in [-0.05, 0) is 30.6 Å². The Hall–Kier alpha value is -1.76. The van der Waals surface area contributed by atoms with Gasteiger partial charge in [-0.25, -0.2) is 9.18 Å². The zero-order valence-corrected chi connectivity index (χ0v) is 12.5. The average molecular weight is 315 g/mol. The van der Waals surface area contributed by atoms with Gasteiger partial charge in [-0.15, -0.1) is 0 Å². The molecule has 0 fully saturated rings. The van der Waals surface area contributed by atoms with Gasteiger partial charge in [0, 0.05) is 6.07 Å². The predicted molar refractivity (Wildman–Crippen MR) is 79.1 cm³/mol. The molecule has 0 saturated heterocycles. The lowest BCUT2D eigenvalue weighted by Gasteiger charge is -2.14. The van der Waals surface area contributed by atoms with Crippen LogP contribution in [-0.4, -0.2) is 41.6 Å². The van der Waals surface area contributed by atoms with E-state index in [4.69, 9.17) is 9.84 Å². The number of rotatable bonds is 9. The van der Waals surface area contributed by atoms with E-state index < -0.39 is 23.7 Å². The molecule has 0 aromatic heterocycles. The van der Waals surface area contributed by atoms with Gasteiger partial charge in [-0.3, -0.25) is 4.79 Å². The molecule has 0 radical (unpaired) electrons. The van der Waals surface area contributed by atoms with Crippen LogP contribution in [0.3, 0.4) is 0 Å². The molecule has 1 amide bonds. The highest BCUT2D eigenvalue weighted by Crippen LogP contribution is 2.12. The largest absolute Gasteiger partial charge is 0.493 e. The second kappa shape index (κ2) is 9.23. The topological polar surface area (TPSA) is 75.6 Å². The molecule has 1 aromatic rings. The quantitative estimate of drug-likeness (QED) is 0.728. The summed E-state index contributed by atoms with van der Waals surface area (Å²) in [6.07, 6.45) is 2.25. The monoisotopic (exact) mass is 315 g/mol. The van der Waals surface area contributed by atoms with Crippen LogP contribution in [0, 0.1) is 5.82 Å². The number of nitrogens with one attached hydrogen (secondary N) is 1. The molecule has 1 atom stereocenters. The molecule has 5 nitrogen and oxygen atoms in total. The van der Waals surface area contributed by atoms with E-state index in [9.17, 15) is 14.0 Å². The van der Waals surface area contributed by atoms with Gasteiger partial charge in [-0.1, -0.05) is 6.07 Å². The maximum Gasteiger partial charge on any atom is 0.326 e. The molecule has 0 aliphatic carbocycles. The second-order valence-electron chi connectivity index (χ2n) is 4.30. The van der Waals surface area contributed by atoms with Crippen LogP contribution in [-0.2, 0) is 9.59 Å². The first-order valence-electron chi connectivity index (χ1n) is 6.42. The Bertz CT molecular complexity index is 484. The smallest absolute Gasteiger partial charge is 0.326 e. The number of amides is 1. The number of aliphatic carboxylic acids is 1. The van der Waals surface area contributed by atoms with Crippen LogP contribution in [0.15, 0.2) is 24.3 Å². The van der Waals surface area contributed by atoms with E-state index in [1.165, 1.54) is 30.0 Å². The lowest BCUT2D eigenvalue weighted by atomic mass is 10.2. The fourth-order valence-electron chi connectivity index (χ4n) is 1.58. The van der Waals surface area contributed by atoms with Gasteiger partial charge < -0.3 is 15.2 Å². The Labute approximate surface area is 126 Å². The van der Waals surface area contributed by atoms with Gasteiger partial charge in [0.15, 0.2) is 0 Å². The van der Waals surface area contributed by atoms with E-state index in [-0.39, 0.29) is 13.0 Å². The molecule has 0 heterocycles. The fraction of sp³-hybridized carbons (Fsp3) is 0.429. The Morgan fingerprint density at radius 3 is 2.86 bits per heavy atom. The first-order chi connectivity index (χ1) is 10.0. The van der Waals surface area contributed by atoms with Crippen LogP contribution in [0.4, 0.5) is 4.39 Å². The van der Waals surface area contributed by atoms with Crippen LogP contribution in [0.25, 0.3) is 0 Å². The van der Waals surface area contributed by atoms with E-state index in [2.05, 4.69) is 5.32 Å². The molecule has 2 N–H and O–H groups in total. The molecule has 7 heteroatoms. The number of carboxylic acids is 1. The second-order valence-corrected chi connectivity index (χ2v) is 5.28. The van der Waals surface area contributed by atoms with E-state index in [0.29, 0.717) is 17.9 Å². The van der Waals surface area contributed by atoms with Crippen LogP contribution >= 0.6 is 11.8 Å². The first-order valence-corrected chi connectivity index (χ1v) is 7.81. The Balaban J connectivity index is 2.34. The molecular weight excluding hydrogens is 297 g/mol. The molecule has 0 unspecified atom stereocenters. The summed E-state index contributed by atoms with van der Waals surface area (Å²) in [5.74, 6) is -0.889. The average Bonchev–Trinajstić information content (AvgIpc) is 2.43. The van der Waals surface area contributed by atoms with Crippen molar-refractivity contribution in [3.8, 4) is 5.75 Å². The minimum absolute atomic E-state index is 0.0135. The van der Waals surface area contributed by atoms with E-state index >= 15 is 0 Å². The molecule has 1 aromatic carbocycles. The summed E-state index contributed by atoms with van der Waals surface area (Å²) in [5.41, 5.74) is 0. The minimum Gasteiger partial charge on any atom is -0.493 e. The number of benzene rings is 1. The van der Waals surface area contributed by atoms with Crippen LogP contribution in [0.5, 0.6) is 5.75 Å². The Morgan fingerprint density at radius 1 is 1.48 bits per heavy atom. The molecule has 0 saturated carbocycles. The summed E-state index contributed by atoms with van der Waals surface area (Å²) in [6.45, 7) is 0.0597. The van der Waals surface area contributed by atoms with Crippen molar-refractivity contribution < 1.29 is 23.8 Å². The maximum absolute atomic E-state index is 12.9. The van der Waals surface area contributed by atoms with Gasteiger partial charge in [0.25, 0.3) is 0 Å². The van der Waals surface area contributed by atoms with Crippen molar-refractivity contribution >= 4 is 23.6 Å². The third kappa shape index (κ3) is 6.99. The lowest BCUT2D eigenvalue weighted by Crippen LogP contribution is -2.41. The van der Waals surface area contributed by atoms with Gasteiger partial charge in [0.1, 0.15) is 17.6 Å². The molecule has 116 valence electrons. The minimum atomic E-state index is -1.05. The molecule has 0 spiro atoms. The third-order valence-corrected chi connectivity index (χ3v) is 3.28. The van der Waals surface area contributed by atoms with Gasteiger partial charge in [0.05, 0.1) is 13.0 Å². The van der Waals surface area contributed by atoms with E-state index in [1.807, 2.05) is 6.26 Å². The Kier molecular flexibility index (Phi) is 7.60. The van der Waals surface area contributed by atoms with E-state index in [0.717, 1.165) is 0 Å².